The molecule has 5 nitrogen and oxygen atoms in total. The molecule has 0 aliphatic heterocycles. The number of rotatable bonds is 3. The van der Waals surface area contributed by atoms with Crippen molar-refractivity contribution >= 4 is 28.3 Å². The molecule has 0 bridgehead atoms. The van der Waals surface area contributed by atoms with Crippen molar-refractivity contribution in [3.8, 4) is 11.4 Å². The third-order valence-corrected chi connectivity index (χ3v) is 4.94. The quantitative estimate of drug-likeness (QED) is 0.416. The SMILES string of the molecule is CC(C)(C)c1ccc(-c2nc3ccc(NC(=O)c4ccc(N)cc4)cc3[nH]2)cc1. The Kier molecular flexibility index (Phi) is 4.59. The van der Waals surface area contributed by atoms with E-state index in [-0.39, 0.29) is 11.3 Å². The summed E-state index contributed by atoms with van der Waals surface area (Å²) < 4.78 is 0. The Bertz CT molecular complexity index is 1170. The lowest BCUT2D eigenvalue weighted by Gasteiger charge is -2.18. The van der Waals surface area contributed by atoms with Crippen molar-refractivity contribution in [3.63, 3.8) is 0 Å². The molecule has 29 heavy (non-hydrogen) atoms. The van der Waals surface area contributed by atoms with E-state index in [0.29, 0.717) is 16.9 Å². The Labute approximate surface area is 170 Å². The number of benzene rings is 3. The Morgan fingerprint density at radius 2 is 1.66 bits per heavy atom. The first-order chi connectivity index (χ1) is 13.8. The molecule has 0 unspecified atom stereocenters. The number of hydrogen-bond donors (Lipinski definition) is 3. The number of carbonyl (C=O) groups excluding carboxylic acids is 1. The third kappa shape index (κ3) is 3.99. The van der Waals surface area contributed by atoms with Crippen LogP contribution in [0.3, 0.4) is 0 Å². The van der Waals surface area contributed by atoms with E-state index in [1.807, 2.05) is 18.2 Å². The largest absolute Gasteiger partial charge is 0.399 e. The molecule has 0 spiro atoms. The Morgan fingerprint density at radius 1 is 0.966 bits per heavy atom. The summed E-state index contributed by atoms with van der Waals surface area (Å²) in [7, 11) is 0. The normalized spacial score (nSPS) is 11.6. The summed E-state index contributed by atoms with van der Waals surface area (Å²) >= 11 is 0. The van der Waals surface area contributed by atoms with E-state index >= 15 is 0 Å². The highest BCUT2D eigenvalue weighted by Gasteiger charge is 2.14. The lowest BCUT2D eigenvalue weighted by Crippen LogP contribution is -2.11. The summed E-state index contributed by atoms with van der Waals surface area (Å²) in [6, 6.07) is 20.9. The predicted molar refractivity (Wildman–Crippen MR) is 119 cm³/mol. The van der Waals surface area contributed by atoms with Crippen LogP contribution in [0.1, 0.15) is 36.7 Å². The standard InChI is InChI=1S/C24H24N4O/c1-24(2,3)17-8-4-15(5-9-17)22-27-20-13-12-19(14-21(20)28-22)26-23(29)16-6-10-18(25)11-7-16/h4-14H,25H2,1-3H3,(H,26,29)(H,27,28). The molecule has 0 saturated heterocycles. The second-order valence-electron chi connectivity index (χ2n) is 8.22. The number of amides is 1. The number of hydrogen-bond acceptors (Lipinski definition) is 3. The molecule has 1 amide bonds. The van der Waals surface area contributed by atoms with Gasteiger partial charge in [0.05, 0.1) is 11.0 Å². The zero-order chi connectivity index (χ0) is 20.6. The van der Waals surface area contributed by atoms with E-state index in [1.54, 1.807) is 24.3 Å². The summed E-state index contributed by atoms with van der Waals surface area (Å²) in [5.41, 5.74) is 11.7. The maximum absolute atomic E-state index is 12.4. The van der Waals surface area contributed by atoms with Gasteiger partial charge in [0.2, 0.25) is 0 Å². The number of H-pyrrole nitrogens is 1. The first kappa shape index (κ1) is 18.7. The molecule has 4 rings (SSSR count). The third-order valence-electron chi connectivity index (χ3n) is 4.94. The van der Waals surface area contributed by atoms with Crippen LogP contribution in [-0.4, -0.2) is 15.9 Å². The maximum atomic E-state index is 12.4. The van der Waals surface area contributed by atoms with Crippen molar-refractivity contribution in [2.24, 2.45) is 0 Å². The molecule has 0 atom stereocenters. The number of nitrogens with zero attached hydrogens (tertiary/aromatic N) is 1. The van der Waals surface area contributed by atoms with Crippen molar-refractivity contribution in [1.29, 1.82) is 0 Å². The number of carbonyl (C=O) groups is 1. The van der Waals surface area contributed by atoms with Gasteiger partial charge in [-0.15, -0.1) is 0 Å². The molecule has 0 aliphatic rings. The number of nitrogens with one attached hydrogen (secondary N) is 2. The first-order valence-corrected chi connectivity index (χ1v) is 9.57. The van der Waals surface area contributed by atoms with Crippen LogP contribution in [0.2, 0.25) is 0 Å². The fourth-order valence-electron chi connectivity index (χ4n) is 3.19. The Morgan fingerprint density at radius 3 is 2.31 bits per heavy atom. The molecule has 0 aliphatic carbocycles. The number of nitrogen functional groups attached to an aromatic ring is 1. The highest BCUT2D eigenvalue weighted by molar-refractivity contribution is 6.05. The molecule has 0 saturated carbocycles. The van der Waals surface area contributed by atoms with E-state index in [0.717, 1.165) is 22.4 Å². The number of anilines is 2. The molecule has 0 fully saturated rings. The van der Waals surface area contributed by atoms with Crippen molar-refractivity contribution in [2.75, 3.05) is 11.1 Å². The van der Waals surface area contributed by atoms with Gasteiger partial charge in [0, 0.05) is 22.5 Å². The van der Waals surface area contributed by atoms with Crippen LogP contribution in [0.25, 0.3) is 22.4 Å². The van der Waals surface area contributed by atoms with Crippen molar-refractivity contribution < 1.29 is 4.79 Å². The van der Waals surface area contributed by atoms with E-state index < -0.39 is 0 Å². The van der Waals surface area contributed by atoms with E-state index in [1.165, 1.54) is 5.56 Å². The van der Waals surface area contributed by atoms with E-state index in [9.17, 15) is 4.79 Å². The van der Waals surface area contributed by atoms with Crippen LogP contribution in [0.15, 0.2) is 66.7 Å². The zero-order valence-corrected chi connectivity index (χ0v) is 16.8. The van der Waals surface area contributed by atoms with Gasteiger partial charge in [-0.2, -0.15) is 0 Å². The number of imidazole rings is 1. The lowest BCUT2D eigenvalue weighted by molar-refractivity contribution is 0.102. The van der Waals surface area contributed by atoms with Gasteiger partial charge in [-0.1, -0.05) is 45.0 Å². The molecule has 4 aromatic rings. The second kappa shape index (κ2) is 7.09. The average molecular weight is 384 g/mol. The van der Waals surface area contributed by atoms with Gasteiger partial charge in [-0.3, -0.25) is 4.79 Å². The molecule has 1 heterocycles. The lowest BCUT2D eigenvalue weighted by atomic mass is 9.87. The summed E-state index contributed by atoms with van der Waals surface area (Å²) in [5, 5.41) is 2.92. The van der Waals surface area contributed by atoms with Gasteiger partial charge in [-0.05, 0) is 53.4 Å². The molecule has 3 aromatic carbocycles. The van der Waals surface area contributed by atoms with Gasteiger partial charge in [-0.25, -0.2) is 4.98 Å². The second-order valence-corrected chi connectivity index (χ2v) is 8.22. The minimum absolute atomic E-state index is 0.115. The summed E-state index contributed by atoms with van der Waals surface area (Å²) in [6.07, 6.45) is 0. The zero-order valence-electron chi connectivity index (χ0n) is 16.8. The first-order valence-electron chi connectivity index (χ1n) is 9.57. The highest BCUT2D eigenvalue weighted by Crippen LogP contribution is 2.27. The number of aromatic nitrogens is 2. The van der Waals surface area contributed by atoms with Gasteiger partial charge in [0.25, 0.3) is 5.91 Å². The van der Waals surface area contributed by atoms with Crippen molar-refractivity contribution in [1.82, 2.24) is 9.97 Å². The molecule has 5 heteroatoms. The van der Waals surface area contributed by atoms with Crippen molar-refractivity contribution in [2.45, 2.75) is 26.2 Å². The summed E-state index contributed by atoms with van der Waals surface area (Å²) in [5.74, 6) is 0.629. The van der Waals surface area contributed by atoms with Crippen LogP contribution < -0.4 is 11.1 Å². The van der Waals surface area contributed by atoms with Gasteiger partial charge < -0.3 is 16.0 Å². The number of aromatic amines is 1. The molecule has 4 N–H and O–H groups in total. The monoisotopic (exact) mass is 384 g/mol. The van der Waals surface area contributed by atoms with Crippen LogP contribution in [0.5, 0.6) is 0 Å². The van der Waals surface area contributed by atoms with Crippen LogP contribution in [0.4, 0.5) is 11.4 Å². The van der Waals surface area contributed by atoms with Crippen molar-refractivity contribution in [3.05, 3.63) is 77.9 Å². The number of fused-ring (bicyclic) bond motifs is 1. The maximum Gasteiger partial charge on any atom is 0.255 e. The van der Waals surface area contributed by atoms with Crippen LogP contribution in [0, 0.1) is 0 Å². The molecule has 0 radical (unpaired) electrons. The van der Waals surface area contributed by atoms with Crippen LogP contribution >= 0.6 is 0 Å². The molecule has 146 valence electrons. The fourth-order valence-corrected chi connectivity index (χ4v) is 3.19. The highest BCUT2D eigenvalue weighted by atomic mass is 16.1. The van der Waals surface area contributed by atoms with Gasteiger partial charge in [0.1, 0.15) is 5.82 Å². The van der Waals surface area contributed by atoms with E-state index in [4.69, 9.17) is 5.73 Å². The minimum Gasteiger partial charge on any atom is -0.399 e. The molecule has 1 aromatic heterocycles. The van der Waals surface area contributed by atoms with E-state index in [2.05, 4.69) is 60.3 Å². The number of nitrogens with two attached hydrogens (primary N) is 1. The molecular formula is C24H24N4O. The average Bonchev–Trinajstić information content (AvgIpc) is 3.11. The minimum atomic E-state index is -0.179. The summed E-state index contributed by atoms with van der Waals surface area (Å²) in [6.45, 7) is 6.59. The molecular weight excluding hydrogens is 360 g/mol. The van der Waals surface area contributed by atoms with Gasteiger partial charge in [0.15, 0.2) is 0 Å². The Balaban J connectivity index is 1.57. The fraction of sp³-hybridized carbons (Fsp3) is 0.167. The smallest absolute Gasteiger partial charge is 0.255 e. The predicted octanol–water partition coefficient (Wildman–Crippen LogP) is 5.36. The van der Waals surface area contributed by atoms with Crippen LogP contribution in [-0.2, 0) is 5.41 Å². The van der Waals surface area contributed by atoms with Gasteiger partial charge >= 0.3 is 0 Å². The summed E-state index contributed by atoms with van der Waals surface area (Å²) in [4.78, 5) is 20.5. The topological polar surface area (TPSA) is 83.8 Å². The Hall–Kier alpha value is -3.60.